The minimum absolute atomic E-state index is 0.284. The molecule has 0 saturated carbocycles. The molecule has 1 N–H and O–H groups in total. The summed E-state index contributed by atoms with van der Waals surface area (Å²) in [5.41, 5.74) is 1.21. The van der Waals surface area contributed by atoms with Gasteiger partial charge in [-0.2, -0.15) is 5.10 Å². The molecule has 0 radical (unpaired) electrons. The highest BCUT2D eigenvalue weighted by Crippen LogP contribution is 2.39. The number of nitrogens with zero attached hydrogens (tertiary/aromatic N) is 7. The third kappa shape index (κ3) is 2.08. The summed E-state index contributed by atoms with van der Waals surface area (Å²) in [6, 6.07) is 0.567. The van der Waals surface area contributed by atoms with Crippen LogP contribution in [0.15, 0.2) is 18.9 Å². The fourth-order valence-corrected chi connectivity index (χ4v) is 3.95. The van der Waals surface area contributed by atoms with Crippen LogP contribution in [0.4, 0.5) is 16.0 Å². The van der Waals surface area contributed by atoms with Crippen molar-refractivity contribution in [1.29, 1.82) is 0 Å². The summed E-state index contributed by atoms with van der Waals surface area (Å²) in [5.74, 6) is 1.02. The van der Waals surface area contributed by atoms with E-state index in [1.54, 1.807) is 12.5 Å². The van der Waals surface area contributed by atoms with E-state index >= 15 is 0 Å². The molecule has 128 valence electrons. The van der Waals surface area contributed by atoms with Crippen LogP contribution in [-0.2, 0) is 6.42 Å². The molecule has 0 amide bonds. The zero-order valence-corrected chi connectivity index (χ0v) is 13.7. The Balaban J connectivity index is 1.44. The van der Waals surface area contributed by atoms with Crippen LogP contribution in [0.2, 0.25) is 0 Å². The van der Waals surface area contributed by atoms with E-state index in [1.807, 2.05) is 11.8 Å². The number of aromatic nitrogens is 6. The molecule has 2 atom stereocenters. The van der Waals surface area contributed by atoms with Crippen LogP contribution >= 0.6 is 0 Å². The summed E-state index contributed by atoms with van der Waals surface area (Å²) >= 11 is 0. The molecule has 2 unspecified atom stereocenters. The first-order valence-electron chi connectivity index (χ1n) is 8.43. The van der Waals surface area contributed by atoms with E-state index in [2.05, 4.69) is 35.0 Å². The molecule has 3 fully saturated rings. The highest BCUT2D eigenvalue weighted by molar-refractivity contribution is 5.87. The summed E-state index contributed by atoms with van der Waals surface area (Å²) < 4.78 is 14.6. The summed E-state index contributed by atoms with van der Waals surface area (Å²) in [5, 5.41) is 7.86. The largest absolute Gasteiger partial charge is 0.350 e. The van der Waals surface area contributed by atoms with Gasteiger partial charge in [0, 0.05) is 13.1 Å². The van der Waals surface area contributed by atoms with Gasteiger partial charge in [-0.1, -0.05) is 6.92 Å². The number of aryl methyl sites for hydroxylation is 1. The van der Waals surface area contributed by atoms with Gasteiger partial charge in [0.25, 0.3) is 0 Å². The highest BCUT2D eigenvalue weighted by Gasteiger charge is 2.46. The average Bonchev–Trinajstić information content (AvgIpc) is 3.11. The number of H-pyrrole nitrogens is 1. The van der Waals surface area contributed by atoms with Gasteiger partial charge in [0.1, 0.15) is 18.5 Å². The van der Waals surface area contributed by atoms with E-state index in [0.29, 0.717) is 17.9 Å². The lowest BCUT2D eigenvalue weighted by Gasteiger charge is -2.57. The SMILES string of the molecule is CCc1ncnc(N2CC3CC(C2)N3c2ncnc3[nH]ncc23)c1F. The van der Waals surface area contributed by atoms with Crippen LogP contribution in [0.1, 0.15) is 19.0 Å². The molecular formula is C16H17FN8. The Bertz CT molecular complexity index is 929. The molecular weight excluding hydrogens is 323 g/mol. The second-order valence-corrected chi connectivity index (χ2v) is 6.50. The second-order valence-electron chi connectivity index (χ2n) is 6.50. The minimum Gasteiger partial charge on any atom is -0.350 e. The number of hydrogen-bond donors (Lipinski definition) is 1. The summed E-state index contributed by atoms with van der Waals surface area (Å²) in [7, 11) is 0. The summed E-state index contributed by atoms with van der Waals surface area (Å²) in [4.78, 5) is 21.2. The first-order chi connectivity index (χ1) is 12.3. The van der Waals surface area contributed by atoms with Gasteiger partial charge < -0.3 is 9.80 Å². The van der Waals surface area contributed by atoms with E-state index in [1.165, 1.54) is 6.33 Å². The molecule has 6 heterocycles. The zero-order valence-electron chi connectivity index (χ0n) is 13.7. The number of fused-ring (bicyclic) bond motifs is 3. The van der Waals surface area contributed by atoms with Gasteiger partial charge in [-0.3, -0.25) is 5.10 Å². The molecule has 3 aromatic rings. The number of aromatic amines is 1. The Hall–Kier alpha value is -2.84. The average molecular weight is 340 g/mol. The zero-order chi connectivity index (χ0) is 17.0. The maximum absolute atomic E-state index is 14.6. The van der Waals surface area contributed by atoms with Gasteiger partial charge in [0.2, 0.25) is 0 Å². The van der Waals surface area contributed by atoms with Gasteiger partial charge in [0.15, 0.2) is 17.3 Å². The molecule has 0 spiro atoms. The molecule has 8 nitrogen and oxygen atoms in total. The Morgan fingerprint density at radius 2 is 1.88 bits per heavy atom. The fraction of sp³-hybridized carbons (Fsp3) is 0.438. The van der Waals surface area contributed by atoms with Gasteiger partial charge in [-0.25, -0.2) is 24.3 Å². The van der Waals surface area contributed by atoms with Crippen molar-refractivity contribution >= 4 is 22.7 Å². The van der Waals surface area contributed by atoms with Crippen molar-refractivity contribution in [2.45, 2.75) is 31.8 Å². The van der Waals surface area contributed by atoms with Crippen LogP contribution in [0.5, 0.6) is 0 Å². The third-order valence-corrected chi connectivity index (χ3v) is 5.14. The second kappa shape index (κ2) is 5.33. The number of rotatable bonds is 3. The summed E-state index contributed by atoms with van der Waals surface area (Å²) in [6.07, 6.45) is 6.41. The Kier molecular flexibility index (Phi) is 3.09. The minimum atomic E-state index is -0.294. The summed E-state index contributed by atoms with van der Waals surface area (Å²) in [6.45, 7) is 3.34. The molecule has 2 bridgehead atoms. The van der Waals surface area contributed by atoms with Gasteiger partial charge in [-0.15, -0.1) is 0 Å². The van der Waals surface area contributed by atoms with Gasteiger partial charge in [-0.05, 0) is 12.8 Å². The van der Waals surface area contributed by atoms with Crippen LogP contribution < -0.4 is 9.80 Å². The lowest BCUT2D eigenvalue weighted by molar-refractivity contribution is 0.287. The van der Waals surface area contributed by atoms with Crippen molar-refractivity contribution in [3.8, 4) is 0 Å². The monoisotopic (exact) mass is 340 g/mol. The molecule has 9 heteroatoms. The van der Waals surface area contributed by atoms with E-state index in [4.69, 9.17) is 0 Å². The van der Waals surface area contributed by atoms with Crippen LogP contribution in [0.3, 0.4) is 0 Å². The molecule has 3 aliphatic rings. The molecule has 0 aromatic carbocycles. The highest BCUT2D eigenvalue weighted by atomic mass is 19.1. The molecule has 6 rings (SSSR count). The fourth-order valence-electron chi connectivity index (χ4n) is 3.95. The lowest BCUT2D eigenvalue weighted by Crippen LogP contribution is -2.69. The number of halogens is 1. The Morgan fingerprint density at radius 3 is 2.68 bits per heavy atom. The quantitative estimate of drug-likeness (QED) is 0.769. The molecule has 3 aromatic heterocycles. The number of nitrogens with one attached hydrogen (secondary N) is 1. The normalized spacial score (nSPS) is 22.3. The smallest absolute Gasteiger partial charge is 0.187 e. The number of piperazine rings is 1. The lowest BCUT2D eigenvalue weighted by atomic mass is 9.87. The topological polar surface area (TPSA) is 86.7 Å². The van der Waals surface area contributed by atoms with E-state index in [-0.39, 0.29) is 17.9 Å². The van der Waals surface area contributed by atoms with E-state index < -0.39 is 0 Å². The van der Waals surface area contributed by atoms with Gasteiger partial charge >= 0.3 is 0 Å². The molecule has 0 aliphatic carbocycles. The van der Waals surface area contributed by atoms with Crippen LogP contribution in [-0.4, -0.2) is 55.3 Å². The van der Waals surface area contributed by atoms with Crippen molar-refractivity contribution in [1.82, 2.24) is 30.1 Å². The standard InChI is InChI=1S/C16H17FN8/c1-2-12-13(17)16(21-7-18-12)24-5-9-3-10(6-24)25(9)15-11-4-22-23-14(11)19-8-20-15/h4,7-10H,2-3,5-6H2,1H3,(H,19,20,22,23). The first kappa shape index (κ1) is 14.5. The predicted molar refractivity (Wildman–Crippen MR) is 89.9 cm³/mol. The maximum atomic E-state index is 14.6. The van der Waals surface area contributed by atoms with Crippen molar-refractivity contribution < 1.29 is 4.39 Å². The molecule has 25 heavy (non-hydrogen) atoms. The maximum Gasteiger partial charge on any atom is 0.187 e. The van der Waals surface area contributed by atoms with Crippen LogP contribution in [0.25, 0.3) is 11.0 Å². The van der Waals surface area contributed by atoms with Crippen molar-refractivity contribution in [3.05, 3.63) is 30.4 Å². The van der Waals surface area contributed by atoms with E-state index in [0.717, 1.165) is 36.4 Å². The van der Waals surface area contributed by atoms with Gasteiger partial charge in [0.05, 0.1) is 29.4 Å². The molecule has 3 saturated heterocycles. The van der Waals surface area contributed by atoms with E-state index in [9.17, 15) is 4.39 Å². The Morgan fingerprint density at radius 1 is 1.12 bits per heavy atom. The number of hydrogen-bond acceptors (Lipinski definition) is 7. The molecule has 3 aliphatic heterocycles. The number of piperidine rings is 1. The van der Waals surface area contributed by atoms with Crippen LogP contribution in [0, 0.1) is 5.82 Å². The number of anilines is 2. The van der Waals surface area contributed by atoms with Crippen molar-refractivity contribution in [2.75, 3.05) is 22.9 Å². The predicted octanol–water partition coefficient (Wildman–Crippen LogP) is 1.31. The van der Waals surface area contributed by atoms with Crippen molar-refractivity contribution in [2.24, 2.45) is 0 Å². The van der Waals surface area contributed by atoms with Crippen molar-refractivity contribution in [3.63, 3.8) is 0 Å². The Labute approximate surface area is 143 Å². The first-order valence-corrected chi connectivity index (χ1v) is 8.43. The third-order valence-electron chi connectivity index (χ3n) is 5.14.